The van der Waals surface area contributed by atoms with Crippen LogP contribution in [0, 0.1) is 17.7 Å². The molecule has 1 aromatic heterocycles. The molecule has 2 fully saturated rings. The Bertz CT molecular complexity index is 1180. The Kier molecular flexibility index (Phi) is 6.42. The van der Waals surface area contributed by atoms with Gasteiger partial charge in [-0.3, -0.25) is 14.6 Å². The first-order valence-electron chi connectivity index (χ1n) is 12.0. The Morgan fingerprint density at radius 3 is 2.62 bits per heavy atom. The van der Waals surface area contributed by atoms with E-state index >= 15 is 0 Å². The lowest BCUT2D eigenvalue weighted by Crippen LogP contribution is -2.44. The summed E-state index contributed by atoms with van der Waals surface area (Å²) in [4.78, 5) is 31.3. The standard InChI is InChI=1S/C28H29FN2O3/c1-18(28(33)31-26(17-34-27(31)16-32)21-5-3-2-4-6-21)19-7-9-20(10-8-19)23-13-14-30-25-12-11-22(29)15-24(23)25/h2-6,11-16,18-20,26-27H,7-10,17H2,1H3/t18-,19?,20?,26+,27?/m1/s1. The largest absolute Gasteiger partial charge is 0.349 e. The van der Waals surface area contributed by atoms with E-state index in [9.17, 15) is 14.0 Å². The molecule has 1 aliphatic heterocycles. The number of ether oxygens (including phenoxy) is 1. The second-order valence-electron chi connectivity index (χ2n) is 9.49. The van der Waals surface area contributed by atoms with Crippen LogP contribution in [0.1, 0.15) is 55.7 Å². The van der Waals surface area contributed by atoms with E-state index < -0.39 is 6.23 Å². The Morgan fingerprint density at radius 1 is 1.12 bits per heavy atom. The van der Waals surface area contributed by atoms with E-state index in [4.69, 9.17) is 4.74 Å². The first-order chi connectivity index (χ1) is 16.6. The Balaban J connectivity index is 1.30. The fourth-order valence-corrected chi connectivity index (χ4v) is 5.71. The number of rotatable bonds is 5. The summed E-state index contributed by atoms with van der Waals surface area (Å²) in [6.45, 7) is 2.30. The number of pyridine rings is 1. The molecule has 1 unspecified atom stereocenters. The van der Waals surface area contributed by atoms with Gasteiger partial charge >= 0.3 is 0 Å². The van der Waals surface area contributed by atoms with E-state index in [1.54, 1.807) is 23.2 Å². The zero-order chi connectivity index (χ0) is 23.7. The fourth-order valence-electron chi connectivity index (χ4n) is 5.71. The molecular formula is C28H29FN2O3. The Hall–Kier alpha value is -3.12. The van der Waals surface area contributed by atoms with E-state index in [1.807, 2.05) is 43.3 Å². The van der Waals surface area contributed by atoms with Crippen molar-refractivity contribution in [2.45, 2.75) is 50.8 Å². The van der Waals surface area contributed by atoms with Crippen molar-refractivity contribution >= 4 is 23.1 Å². The summed E-state index contributed by atoms with van der Waals surface area (Å²) in [6, 6.07) is 16.3. The lowest BCUT2D eigenvalue weighted by molar-refractivity contribution is -0.147. The van der Waals surface area contributed by atoms with Gasteiger partial charge in [0.05, 0.1) is 18.2 Å². The summed E-state index contributed by atoms with van der Waals surface area (Å²) in [6.07, 6.45) is 5.37. The third kappa shape index (κ3) is 4.23. The van der Waals surface area contributed by atoms with E-state index in [0.717, 1.165) is 54.0 Å². The van der Waals surface area contributed by atoms with Gasteiger partial charge < -0.3 is 9.64 Å². The molecule has 0 spiro atoms. The molecule has 0 bridgehead atoms. The molecule has 1 saturated carbocycles. The quantitative estimate of drug-likeness (QED) is 0.478. The number of amides is 1. The van der Waals surface area contributed by atoms with Crippen LogP contribution in [0.2, 0.25) is 0 Å². The second kappa shape index (κ2) is 9.63. The van der Waals surface area contributed by atoms with Crippen LogP contribution in [-0.2, 0) is 14.3 Å². The maximum absolute atomic E-state index is 13.9. The first kappa shape index (κ1) is 22.7. The van der Waals surface area contributed by atoms with Crippen LogP contribution in [0.3, 0.4) is 0 Å². The summed E-state index contributed by atoms with van der Waals surface area (Å²) < 4.78 is 19.6. The van der Waals surface area contributed by atoms with Crippen molar-refractivity contribution in [2.75, 3.05) is 6.61 Å². The monoisotopic (exact) mass is 460 g/mol. The van der Waals surface area contributed by atoms with Gasteiger partial charge in [-0.15, -0.1) is 0 Å². The minimum absolute atomic E-state index is 0.0247. The Labute approximate surface area is 198 Å². The number of aromatic nitrogens is 1. The third-order valence-electron chi connectivity index (χ3n) is 7.64. The van der Waals surface area contributed by atoms with Crippen molar-refractivity contribution in [3.05, 3.63) is 77.7 Å². The molecule has 2 aliphatic rings. The van der Waals surface area contributed by atoms with Crippen LogP contribution in [-0.4, -0.2) is 34.9 Å². The average Bonchev–Trinajstić information content (AvgIpc) is 3.32. The molecule has 5 nitrogen and oxygen atoms in total. The highest BCUT2D eigenvalue weighted by atomic mass is 19.1. The van der Waals surface area contributed by atoms with Crippen molar-refractivity contribution in [2.24, 2.45) is 11.8 Å². The molecule has 34 heavy (non-hydrogen) atoms. The number of fused-ring (bicyclic) bond motifs is 1. The van der Waals surface area contributed by atoms with E-state index in [0.29, 0.717) is 12.5 Å². The van der Waals surface area contributed by atoms with Crippen LogP contribution >= 0.6 is 0 Å². The zero-order valence-corrected chi connectivity index (χ0v) is 19.3. The molecule has 6 heteroatoms. The third-order valence-corrected chi connectivity index (χ3v) is 7.64. The van der Waals surface area contributed by atoms with Crippen molar-refractivity contribution in [3.63, 3.8) is 0 Å². The van der Waals surface area contributed by atoms with Gasteiger partial charge in [-0.05, 0) is 72.9 Å². The van der Waals surface area contributed by atoms with Crippen LogP contribution < -0.4 is 0 Å². The average molecular weight is 461 g/mol. The maximum Gasteiger partial charge on any atom is 0.228 e. The number of hydrogen-bond donors (Lipinski definition) is 0. The molecular weight excluding hydrogens is 431 g/mol. The molecule has 1 aliphatic carbocycles. The number of halogens is 1. The van der Waals surface area contributed by atoms with Gasteiger partial charge in [0, 0.05) is 17.5 Å². The molecule has 2 aromatic carbocycles. The lowest BCUT2D eigenvalue weighted by Gasteiger charge is -2.35. The van der Waals surface area contributed by atoms with Crippen LogP contribution in [0.4, 0.5) is 4.39 Å². The van der Waals surface area contributed by atoms with Gasteiger partial charge in [0.15, 0.2) is 12.5 Å². The summed E-state index contributed by atoms with van der Waals surface area (Å²) in [5.74, 6) is 0.0742. The molecule has 0 radical (unpaired) electrons. The molecule has 1 amide bonds. The Morgan fingerprint density at radius 2 is 1.88 bits per heavy atom. The number of nitrogens with zero attached hydrogens (tertiary/aromatic N) is 2. The highest BCUT2D eigenvalue weighted by Gasteiger charge is 2.42. The molecule has 3 atom stereocenters. The maximum atomic E-state index is 13.9. The number of carbonyl (C=O) groups is 2. The highest BCUT2D eigenvalue weighted by Crippen LogP contribution is 2.42. The van der Waals surface area contributed by atoms with Crippen molar-refractivity contribution in [1.82, 2.24) is 9.88 Å². The fraction of sp³-hybridized carbons (Fsp3) is 0.393. The zero-order valence-electron chi connectivity index (χ0n) is 19.3. The molecule has 0 N–H and O–H groups in total. The number of aldehydes is 1. The molecule has 3 aromatic rings. The summed E-state index contributed by atoms with van der Waals surface area (Å²) >= 11 is 0. The number of hydrogen-bond acceptors (Lipinski definition) is 4. The summed E-state index contributed by atoms with van der Waals surface area (Å²) in [5.41, 5.74) is 2.93. The van der Waals surface area contributed by atoms with E-state index in [-0.39, 0.29) is 29.6 Å². The summed E-state index contributed by atoms with van der Waals surface area (Å²) in [7, 11) is 0. The van der Waals surface area contributed by atoms with E-state index in [1.165, 1.54) is 6.07 Å². The van der Waals surface area contributed by atoms with Gasteiger partial charge in [0.2, 0.25) is 5.91 Å². The number of benzene rings is 2. The van der Waals surface area contributed by atoms with Crippen molar-refractivity contribution < 1.29 is 18.7 Å². The predicted octanol–water partition coefficient (Wildman–Crippen LogP) is 5.41. The van der Waals surface area contributed by atoms with Gasteiger partial charge in [-0.2, -0.15) is 0 Å². The SMILES string of the molecule is C[C@@H](C(=O)N1C(C=O)OC[C@H]1c1ccccc1)C1CCC(c2ccnc3ccc(F)cc23)CC1. The lowest BCUT2D eigenvalue weighted by atomic mass is 9.73. The predicted molar refractivity (Wildman–Crippen MR) is 127 cm³/mol. The van der Waals surface area contributed by atoms with Gasteiger partial charge in [-0.25, -0.2) is 4.39 Å². The number of carbonyl (C=O) groups excluding carboxylic acids is 2. The van der Waals surface area contributed by atoms with Crippen molar-refractivity contribution in [3.8, 4) is 0 Å². The molecule has 176 valence electrons. The topological polar surface area (TPSA) is 59.5 Å². The molecule has 2 heterocycles. The first-order valence-corrected chi connectivity index (χ1v) is 12.0. The second-order valence-corrected chi connectivity index (χ2v) is 9.49. The normalized spacial score (nSPS) is 25.9. The minimum atomic E-state index is -0.838. The molecule has 5 rings (SSSR count). The summed E-state index contributed by atoms with van der Waals surface area (Å²) in [5, 5.41) is 0.879. The van der Waals surface area contributed by atoms with Crippen molar-refractivity contribution in [1.29, 1.82) is 0 Å². The molecule has 1 saturated heterocycles. The van der Waals surface area contributed by atoms with E-state index in [2.05, 4.69) is 4.98 Å². The van der Waals surface area contributed by atoms with Gasteiger partial charge in [-0.1, -0.05) is 37.3 Å². The highest BCUT2D eigenvalue weighted by molar-refractivity contribution is 5.83. The minimum Gasteiger partial charge on any atom is -0.349 e. The smallest absolute Gasteiger partial charge is 0.228 e. The van der Waals surface area contributed by atoms with Crippen LogP contribution in [0.15, 0.2) is 60.8 Å². The van der Waals surface area contributed by atoms with Gasteiger partial charge in [0.25, 0.3) is 0 Å². The van der Waals surface area contributed by atoms with Crippen LogP contribution in [0.5, 0.6) is 0 Å². The van der Waals surface area contributed by atoms with Gasteiger partial charge in [0.1, 0.15) is 5.82 Å². The van der Waals surface area contributed by atoms with Crippen LogP contribution in [0.25, 0.3) is 10.9 Å².